The van der Waals surface area contributed by atoms with E-state index < -0.39 is 5.54 Å². The molecule has 0 aromatic carbocycles. The number of rotatable bonds is 2. The Morgan fingerprint density at radius 2 is 2.12 bits per heavy atom. The molecule has 2 heterocycles. The molecular weight excluding hydrogens is 208 g/mol. The van der Waals surface area contributed by atoms with Gasteiger partial charge in [0.05, 0.1) is 6.07 Å². The second-order valence-corrected chi connectivity index (χ2v) is 4.30. The summed E-state index contributed by atoms with van der Waals surface area (Å²) in [6, 6.07) is 2.20. The van der Waals surface area contributed by atoms with E-state index in [4.69, 9.17) is 9.47 Å². The highest BCUT2D eigenvalue weighted by atomic mass is 16.5. The summed E-state index contributed by atoms with van der Waals surface area (Å²) in [4.78, 5) is 11.8. The number of nitrogens with one attached hydrogen (secondary N) is 1. The summed E-state index contributed by atoms with van der Waals surface area (Å²) in [6.45, 7) is 1.69. The third kappa shape index (κ3) is 2.34. The second-order valence-electron chi connectivity index (χ2n) is 4.30. The van der Waals surface area contributed by atoms with Gasteiger partial charge in [0.2, 0.25) is 5.91 Å². The van der Waals surface area contributed by atoms with Gasteiger partial charge in [0.15, 0.2) is 0 Å². The molecule has 0 bridgehead atoms. The SMILES string of the molecule is N#CC1(NC(=O)C2CCCO2)CCOCC1. The quantitative estimate of drug-likeness (QED) is 0.735. The van der Waals surface area contributed by atoms with Gasteiger partial charge in [-0.1, -0.05) is 0 Å². The van der Waals surface area contributed by atoms with Gasteiger partial charge in [-0.3, -0.25) is 4.79 Å². The number of carbonyl (C=O) groups is 1. The van der Waals surface area contributed by atoms with Crippen LogP contribution < -0.4 is 5.32 Å². The standard InChI is InChI=1S/C11H16N2O3/c12-8-11(3-6-15-7-4-11)13-10(14)9-2-1-5-16-9/h9H,1-7H2,(H,13,14). The van der Waals surface area contributed by atoms with E-state index in [9.17, 15) is 10.1 Å². The first-order chi connectivity index (χ1) is 7.76. The molecule has 0 aromatic rings. The zero-order chi connectivity index (χ0) is 11.4. The van der Waals surface area contributed by atoms with Crippen LogP contribution in [0.4, 0.5) is 0 Å². The summed E-state index contributed by atoms with van der Waals surface area (Å²) in [5, 5.41) is 12.0. The minimum absolute atomic E-state index is 0.152. The topological polar surface area (TPSA) is 71.4 Å². The molecule has 2 fully saturated rings. The third-order valence-corrected chi connectivity index (χ3v) is 3.14. The van der Waals surface area contributed by atoms with Crippen molar-refractivity contribution in [2.24, 2.45) is 0 Å². The van der Waals surface area contributed by atoms with Crippen LogP contribution in [-0.4, -0.2) is 37.4 Å². The van der Waals surface area contributed by atoms with Crippen molar-refractivity contribution in [2.75, 3.05) is 19.8 Å². The van der Waals surface area contributed by atoms with Crippen LogP contribution >= 0.6 is 0 Å². The summed E-state index contributed by atoms with van der Waals surface area (Å²) < 4.78 is 10.5. The number of nitriles is 1. The van der Waals surface area contributed by atoms with Crippen LogP contribution in [0.25, 0.3) is 0 Å². The highest BCUT2D eigenvalue weighted by molar-refractivity contribution is 5.82. The molecule has 1 amide bonds. The smallest absolute Gasteiger partial charge is 0.250 e. The molecule has 1 N–H and O–H groups in total. The lowest BCUT2D eigenvalue weighted by Crippen LogP contribution is -2.53. The van der Waals surface area contributed by atoms with E-state index >= 15 is 0 Å². The zero-order valence-electron chi connectivity index (χ0n) is 9.20. The first-order valence-corrected chi connectivity index (χ1v) is 5.68. The fourth-order valence-corrected chi connectivity index (χ4v) is 2.09. The summed E-state index contributed by atoms with van der Waals surface area (Å²) in [6.07, 6.45) is 2.42. The van der Waals surface area contributed by atoms with Crippen molar-refractivity contribution in [3.63, 3.8) is 0 Å². The summed E-state index contributed by atoms with van der Waals surface area (Å²) in [5.74, 6) is -0.152. The van der Waals surface area contributed by atoms with Crippen molar-refractivity contribution in [1.29, 1.82) is 5.26 Å². The average Bonchev–Trinajstić information content (AvgIpc) is 2.84. The van der Waals surface area contributed by atoms with Gasteiger partial charge in [-0.15, -0.1) is 0 Å². The minimum Gasteiger partial charge on any atom is -0.381 e. The van der Waals surface area contributed by atoms with E-state index in [0.717, 1.165) is 12.8 Å². The molecule has 16 heavy (non-hydrogen) atoms. The third-order valence-electron chi connectivity index (χ3n) is 3.14. The molecule has 5 nitrogen and oxygen atoms in total. The van der Waals surface area contributed by atoms with Gasteiger partial charge in [0, 0.05) is 32.7 Å². The lowest BCUT2D eigenvalue weighted by Gasteiger charge is -2.32. The Morgan fingerprint density at radius 1 is 1.38 bits per heavy atom. The van der Waals surface area contributed by atoms with E-state index in [0.29, 0.717) is 32.7 Å². The highest BCUT2D eigenvalue weighted by Gasteiger charge is 2.36. The van der Waals surface area contributed by atoms with E-state index in [-0.39, 0.29) is 12.0 Å². The highest BCUT2D eigenvalue weighted by Crippen LogP contribution is 2.21. The monoisotopic (exact) mass is 224 g/mol. The number of amides is 1. The van der Waals surface area contributed by atoms with Crippen LogP contribution in [-0.2, 0) is 14.3 Å². The Bertz CT molecular complexity index is 299. The first kappa shape index (κ1) is 11.4. The van der Waals surface area contributed by atoms with Crippen molar-refractivity contribution in [3.05, 3.63) is 0 Å². The molecule has 0 radical (unpaired) electrons. The van der Waals surface area contributed by atoms with Gasteiger partial charge in [-0.25, -0.2) is 0 Å². The van der Waals surface area contributed by atoms with Gasteiger partial charge < -0.3 is 14.8 Å². The van der Waals surface area contributed by atoms with Crippen molar-refractivity contribution in [3.8, 4) is 6.07 Å². The Labute approximate surface area is 94.7 Å². The Kier molecular flexibility index (Phi) is 3.42. The maximum Gasteiger partial charge on any atom is 0.250 e. The van der Waals surface area contributed by atoms with Gasteiger partial charge in [-0.2, -0.15) is 5.26 Å². The number of carbonyl (C=O) groups excluding carboxylic acids is 1. The van der Waals surface area contributed by atoms with Crippen molar-refractivity contribution in [1.82, 2.24) is 5.32 Å². The fraction of sp³-hybridized carbons (Fsp3) is 0.818. The van der Waals surface area contributed by atoms with Gasteiger partial charge in [-0.05, 0) is 12.8 Å². The summed E-state index contributed by atoms with van der Waals surface area (Å²) in [5.41, 5.74) is -0.749. The van der Waals surface area contributed by atoms with Gasteiger partial charge >= 0.3 is 0 Å². The maximum atomic E-state index is 11.8. The zero-order valence-corrected chi connectivity index (χ0v) is 9.20. The predicted octanol–water partition coefficient (Wildman–Crippen LogP) is 0.354. The van der Waals surface area contributed by atoms with Crippen LogP contribution in [0.1, 0.15) is 25.7 Å². The van der Waals surface area contributed by atoms with Crippen molar-refractivity contribution >= 4 is 5.91 Å². The molecule has 2 aliphatic heterocycles. The van der Waals surface area contributed by atoms with E-state index in [1.807, 2.05) is 0 Å². The maximum absolute atomic E-state index is 11.8. The lowest BCUT2D eigenvalue weighted by molar-refractivity contribution is -0.132. The largest absolute Gasteiger partial charge is 0.381 e. The molecule has 1 atom stereocenters. The molecule has 0 aliphatic carbocycles. The Balaban J connectivity index is 1.95. The lowest BCUT2D eigenvalue weighted by atomic mass is 9.91. The van der Waals surface area contributed by atoms with Crippen LogP contribution in [0.15, 0.2) is 0 Å². The molecule has 2 rings (SSSR count). The number of hydrogen-bond donors (Lipinski definition) is 1. The molecule has 0 aromatic heterocycles. The molecular formula is C11H16N2O3. The number of nitrogens with zero attached hydrogens (tertiary/aromatic N) is 1. The van der Waals surface area contributed by atoms with Gasteiger partial charge in [0.25, 0.3) is 0 Å². The Hall–Kier alpha value is -1.12. The molecule has 1 unspecified atom stereocenters. The Morgan fingerprint density at radius 3 is 2.69 bits per heavy atom. The summed E-state index contributed by atoms with van der Waals surface area (Å²) in [7, 11) is 0. The number of hydrogen-bond acceptors (Lipinski definition) is 4. The molecule has 0 saturated carbocycles. The molecule has 5 heteroatoms. The van der Waals surface area contributed by atoms with Crippen LogP contribution in [0.2, 0.25) is 0 Å². The van der Waals surface area contributed by atoms with Crippen LogP contribution in [0.5, 0.6) is 0 Å². The molecule has 2 aliphatic rings. The van der Waals surface area contributed by atoms with E-state index in [1.165, 1.54) is 0 Å². The van der Waals surface area contributed by atoms with Crippen molar-refractivity contribution in [2.45, 2.75) is 37.3 Å². The minimum atomic E-state index is -0.749. The molecule has 2 saturated heterocycles. The van der Waals surface area contributed by atoms with Crippen LogP contribution in [0, 0.1) is 11.3 Å². The number of ether oxygens (including phenoxy) is 2. The first-order valence-electron chi connectivity index (χ1n) is 5.68. The summed E-state index contributed by atoms with van der Waals surface area (Å²) >= 11 is 0. The molecule has 0 spiro atoms. The fourth-order valence-electron chi connectivity index (χ4n) is 2.09. The van der Waals surface area contributed by atoms with Crippen LogP contribution in [0.3, 0.4) is 0 Å². The second kappa shape index (κ2) is 4.81. The normalized spacial score (nSPS) is 28.3. The average molecular weight is 224 g/mol. The van der Waals surface area contributed by atoms with Crippen molar-refractivity contribution < 1.29 is 14.3 Å². The van der Waals surface area contributed by atoms with E-state index in [1.54, 1.807) is 0 Å². The van der Waals surface area contributed by atoms with E-state index in [2.05, 4.69) is 11.4 Å². The molecule has 88 valence electrons. The van der Waals surface area contributed by atoms with Gasteiger partial charge in [0.1, 0.15) is 11.6 Å². The predicted molar refractivity (Wildman–Crippen MR) is 55.5 cm³/mol.